The smallest absolute Gasteiger partial charge is 0.228 e. The third kappa shape index (κ3) is 3.78. The molecule has 0 unspecified atom stereocenters. The van der Waals surface area contributed by atoms with E-state index in [2.05, 4.69) is 16.5 Å². The number of hydrogen-bond acceptors (Lipinski definition) is 7. The quantitative estimate of drug-likeness (QED) is 0.408. The average molecular weight is 515 g/mol. The number of para-hydroxylation sites is 1. The van der Waals surface area contributed by atoms with Gasteiger partial charge < -0.3 is 19.5 Å². The maximum atomic E-state index is 12.3. The van der Waals surface area contributed by atoms with Gasteiger partial charge in [-0.2, -0.15) is 10.2 Å². The molecule has 4 heterocycles. The fourth-order valence-electron chi connectivity index (χ4n) is 5.88. The minimum Gasteiger partial charge on any atom is -0.495 e. The maximum Gasteiger partial charge on any atom is 0.228 e. The number of ether oxygens (including phenoxy) is 3. The highest BCUT2D eigenvalue weighted by Gasteiger charge is 2.49. The van der Waals surface area contributed by atoms with Crippen LogP contribution in [0.15, 0.2) is 42.9 Å². The Labute approximate surface area is 219 Å². The lowest BCUT2D eigenvalue weighted by molar-refractivity contribution is -0.177. The number of aromatic nitrogens is 5. The Morgan fingerprint density at radius 2 is 1.97 bits per heavy atom. The molecule has 0 radical (unpaired) electrons. The van der Waals surface area contributed by atoms with Crippen molar-refractivity contribution in [3.8, 4) is 28.1 Å². The van der Waals surface area contributed by atoms with E-state index >= 15 is 0 Å². The van der Waals surface area contributed by atoms with Crippen molar-refractivity contribution in [2.75, 3.05) is 25.6 Å². The lowest BCUT2D eigenvalue weighted by Gasteiger charge is -2.29. The van der Waals surface area contributed by atoms with Gasteiger partial charge in [0.05, 0.1) is 38.2 Å². The molecule has 1 saturated heterocycles. The SMILES string of the molecule is COc1c(-c2cnn([C@@H]3CCCC34OCCO4)c2)cccc1-c1nn(C)c2cnc(NC(=O)C3CC3)cc12. The highest BCUT2D eigenvalue weighted by molar-refractivity contribution is 6.00. The molecule has 1 amide bonds. The van der Waals surface area contributed by atoms with Crippen molar-refractivity contribution in [2.24, 2.45) is 13.0 Å². The van der Waals surface area contributed by atoms with Crippen molar-refractivity contribution in [3.63, 3.8) is 0 Å². The van der Waals surface area contributed by atoms with E-state index in [1.807, 2.05) is 42.2 Å². The van der Waals surface area contributed by atoms with Gasteiger partial charge in [-0.3, -0.25) is 14.2 Å². The molecule has 1 aliphatic heterocycles. The number of aryl methyl sites for hydroxylation is 1. The molecule has 1 aromatic carbocycles. The van der Waals surface area contributed by atoms with Crippen LogP contribution in [0.25, 0.3) is 33.3 Å². The molecule has 3 aromatic heterocycles. The third-order valence-corrected chi connectivity index (χ3v) is 7.93. The van der Waals surface area contributed by atoms with Gasteiger partial charge >= 0.3 is 0 Å². The van der Waals surface area contributed by atoms with E-state index in [0.717, 1.165) is 65.4 Å². The molecule has 196 valence electrons. The van der Waals surface area contributed by atoms with Crippen molar-refractivity contribution in [2.45, 2.75) is 43.9 Å². The lowest BCUT2D eigenvalue weighted by atomic mass is 10.0. The Bertz CT molecular complexity index is 1530. The van der Waals surface area contributed by atoms with Gasteiger partial charge in [-0.05, 0) is 37.8 Å². The molecule has 1 spiro atoms. The summed E-state index contributed by atoms with van der Waals surface area (Å²) in [7, 11) is 3.56. The topological polar surface area (TPSA) is 105 Å². The van der Waals surface area contributed by atoms with Crippen LogP contribution in [0.3, 0.4) is 0 Å². The van der Waals surface area contributed by atoms with E-state index in [-0.39, 0.29) is 17.9 Å². The molecule has 3 fully saturated rings. The van der Waals surface area contributed by atoms with Crippen LogP contribution in [-0.2, 0) is 21.3 Å². The lowest BCUT2D eigenvalue weighted by Crippen LogP contribution is -2.36. The summed E-state index contributed by atoms with van der Waals surface area (Å²) >= 11 is 0. The first-order valence-corrected chi connectivity index (χ1v) is 13.2. The molecule has 1 N–H and O–H groups in total. The number of benzene rings is 1. The third-order valence-electron chi connectivity index (χ3n) is 7.93. The van der Waals surface area contributed by atoms with Crippen LogP contribution in [0.4, 0.5) is 5.82 Å². The van der Waals surface area contributed by atoms with Crippen LogP contribution < -0.4 is 10.1 Å². The Hall–Kier alpha value is -3.76. The van der Waals surface area contributed by atoms with Crippen LogP contribution in [0.1, 0.15) is 38.1 Å². The number of hydrogen-bond donors (Lipinski definition) is 1. The van der Waals surface area contributed by atoms with Crippen LogP contribution in [-0.4, -0.2) is 56.6 Å². The number of pyridine rings is 1. The summed E-state index contributed by atoms with van der Waals surface area (Å²) in [5, 5.41) is 13.4. The van der Waals surface area contributed by atoms with Gasteiger partial charge in [0, 0.05) is 47.7 Å². The number of nitrogens with one attached hydrogen (secondary N) is 1. The zero-order valence-corrected chi connectivity index (χ0v) is 21.5. The van der Waals surface area contributed by atoms with E-state index in [0.29, 0.717) is 24.8 Å². The first-order chi connectivity index (χ1) is 18.6. The Morgan fingerprint density at radius 3 is 2.76 bits per heavy atom. The van der Waals surface area contributed by atoms with Crippen LogP contribution in [0.5, 0.6) is 5.75 Å². The van der Waals surface area contributed by atoms with Crippen molar-refractivity contribution in [3.05, 3.63) is 42.9 Å². The fourth-order valence-corrected chi connectivity index (χ4v) is 5.88. The molecule has 4 aromatic rings. The summed E-state index contributed by atoms with van der Waals surface area (Å²) in [4.78, 5) is 16.8. The molecule has 7 rings (SSSR count). The predicted octanol–water partition coefficient (Wildman–Crippen LogP) is 4.32. The molecule has 10 heteroatoms. The number of rotatable bonds is 6. The zero-order chi connectivity index (χ0) is 25.9. The monoisotopic (exact) mass is 514 g/mol. The molecule has 10 nitrogen and oxygen atoms in total. The number of nitrogens with zero attached hydrogens (tertiary/aromatic N) is 5. The molecule has 3 aliphatic rings. The molecule has 2 saturated carbocycles. The zero-order valence-electron chi connectivity index (χ0n) is 21.5. The van der Waals surface area contributed by atoms with Crippen molar-refractivity contribution < 1.29 is 19.0 Å². The number of amides is 1. The number of anilines is 1. The molecule has 0 bridgehead atoms. The minimum atomic E-state index is -0.567. The number of carbonyl (C=O) groups excluding carboxylic acids is 1. The largest absolute Gasteiger partial charge is 0.495 e. The normalized spacial score (nSPS) is 20.4. The molecular formula is C28H30N6O4. The van der Waals surface area contributed by atoms with Gasteiger partial charge in [0.1, 0.15) is 23.3 Å². The van der Waals surface area contributed by atoms with Gasteiger partial charge in [0.2, 0.25) is 5.91 Å². The second-order valence-corrected chi connectivity index (χ2v) is 10.3. The van der Waals surface area contributed by atoms with Crippen molar-refractivity contribution >= 4 is 22.6 Å². The van der Waals surface area contributed by atoms with Gasteiger partial charge in [-0.25, -0.2) is 4.98 Å². The summed E-state index contributed by atoms with van der Waals surface area (Å²) in [6.45, 7) is 1.25. The number of fused-ring (bicyclic) bond motifs is 1. The van der Waals surface area contributed by atoms with Crippen LogP contribution >= 0.6 is 0 Å². The Morgan fingerprint density at radius 1 is 1.16 bits per heavy atom. The van der Waals surface area contributed by atoms with E-state index in [1.165, 1.54) is 0 Å². The highest BCUT2D eigenvalue weighted by atomic mass is 16.7. The second kappa shape index (κ2) is 8.92. The van der Waals surface area contributed by atoms with E-state index in [9.17, 15) is 4.79 Å². The van der Waals surface area contributed by atoms with Gasteiger partial charge in [-0.1, -0.05) is 12.1 Å². The summed E-state index contributed by atoms with van der Waals surface area (Å²) in [6.07, 6.45) is 10.4. The fraction of sp³-hybridized carbons (Fsp3) is 0.429. The van der Waals surface area contributed by atoms with Gasteiger partial charge in [0.15, 0.2) is 5.79 Å². The standard InChI is InChI=1S/C28H30N6O4/c1-33-22-15-29-24(31-27(35)17-8-9-17)13-21(22)25(32-33)20-6-3-5-19(26(20)36-2)18-14-30-34(16-18)23-7-4-10-28(23)37-11-12-38-28/h3,5-6,13-17,23H,4,7-12H2,1-2H3,(H,29,31,35)/t23-/m1/s1. The molecule has 38 heavy (non-hydrogen) atoms. The Kier molecular flexibility index (Phi) is 5.48. The molecule has 2 aliphatic carbocycles. The van der Waals surface area contributed by atoms with Crippen LogP contribution in [0.2, 0.25) is 0 Å². The van der Waals surface area contributed by atoms with Gasteiger partial charge in [-0.15, -0.1) is 0 Å². The number of methoxy groups -OCH3 is 1. The Balaban J connectivity index is 1.27. The van der Waals surface area contributed by atoms with Crippen molar-refractivity contribution in [1.82, 2.24) is 24.5 Å². The summed E-state index contributed by atoms with van der Waals surface area (Å²) in [6, 6.07) is 7.98. The predicted molar refractivity (Wildman–Crippen MR) is 141 cm³/mol. The summed E-state index contributed by atoms with van der Waals surface area (Å²) < 4.78 is 21.9. The highest BCUT2D eigenvalue weighted by Crippen LogP contribution is 2.46. The second-order valence-electron chi connectivity index (χ2n) is 10.3. The molecule has 1 atom stereocenters. The maximum absolute atomic E-state index is 12.3. The first-order valence-electron chi connectivity index (χ1n) is 13.2. The summed E-state index contributed by atoms with van der Waals surface area (Å²) in [5.41, 5.74) is 4.36. The van der Waals surface area contributed by atoms with Crippen LogP contribution in [0, 0.1) is 5.92 Å². The van der Waals surface area contributed by atoms with E-state index < -0.39 is 5.79 Å². The van der Waals surface area contributed by atoms with Gasteiger partial charge in [0.25, 0.3) is 0 Å². The van der Waals surface area contributed by atoms with E-state index in [4.69, 9.17) is 24.4 Å². The van der Waals surface area contributed by atoms with E-state index in [1.54, 1.807) is 18.0 Å². The summed E-state index contributed by atoms with van der Waals surface area (Å²) in [5.74, 6) is 0.799. The minimum absolute atomic E-state index is 0.0244. The first kappa shape index (κ1) is 23.4. The molecular weight excluding hydrogens is 484 g/mol. The van der Waals surface area contributed by atoms with Crippen molar-refractivity contribution in [1.29, 1.82) is 0 Å². The average Bonchev–Trinajstić information content (AvgIpc) is 3.25. The number of carbonyl (C=O) groups is 1.